The van der Waals surface area contributed by atoms with E-state index in [4.69, 9.17) is 16.6 Å². The number of fused-ring (bicyclic) bond motifs is 3. The molecule has 0 bridgehead atoms. The van der Waals surface area contributed by atoms with Gasteiger partial charge in [-0.05, 0) is 56.2 Å². The molecule has 0 saturated heterocycles. The van der Waals surface area contributed by atoms with Crippen LogP contribution >= 0.6 is 11.6 Å². The summed E-state index contributed by atoms with van der Waals surface area (Å²) in [5, 5.41) is 8.49. The van der Waals surface area contributed by atoms with E-state index in [0.29, 0.717) is 6.42 Å². The van der Waals surface area contributed by atoms with Gasteiger partial charge in [-0.1, -0.05) is 23.7 Å². The number of anilines is 1. The average Bonchev–Trinajstić information content (AvgIpc) is 3.03. The second-order valence-corrected chi connectivity index (χ2v) is 7.12. The number of halogens is 2. The van der Waals surface area contributed by atoms with Crippen LogP contribution in [0.15, 0.2) is 42.5 Å². The molecule has 4 rings (SSSR count). The Balaban J connectivity index is 1.57. The molecule has 28 heavy (non-hydrogen) atoms. The summed E-state index contributed by atoms with van der Waals surface area (Å²) >= 11 is 5.74. The maximum absolute atomic E-state index is 13.9. The highest BCUT2D eigenvalue weighted by Crippen LogP contribution is 2.23. The van der Waals surface area contributed by atoms with Crippen molar-refractivity contribution in [2.45, 2.75) is 26.7 Å². The molecule has 2 aromatic carbocycles. The maximum Gasteiger partial charge on any atom is 0.224 e. The topological polar surface area (TPSA) is 59.3 Å². The van der Waals surface area contributed by atoms with Crippen molar-refractivity contribution >= 4 is 39.7 Å². The van der Waals surface area contributed by atoms with Gasteiger partial charge in [-0.2, -0.15) is 5.10 Å². The quantitative estimate of drug-likeness (QED) is 0.535. The minimum Gasteiger partial charge on any atom is -0.324 e. The summed E-state index contributed by atoms with van der Waals surface area (Å²) in [5.74, 6) is -0.828. The summed E-state index contributed by atoms with van der Waals surface area (Å²) < 4.78 is 15.7. The fraction of sp³-hybridized carbons (Fsp3) is 0.190. The molecule has 1 N–H and O–H groups in total. The Kier molecular flexibility index (Phi) is 4.73. The number of aromatic nitrogens is 3. The number of carbonyl (C=O) groups is 1. The third kappa shape index (κ3) is 3.31. The molecule has 1 amide bonds. The largest absolute Gasteiger partial charge is 0.324 e. The highest BCUT2D eigenvalue weighted by molar-refractivity contribution is 6.30. The number of hydrogen-bond donors (Lipinski definition) is 1. The van der Waals surface area contributed by atoms with E-state index in [1.165, 1.54) is 18.2 Å². The summed E-state index contributed by atoms with van der Waals surface area (Å²) in [6.45, 7) is 3.90. The number of hydrogen-bond acceptors (Lipinski definition) is 3. The Morgan fingerprint density at radius 1 is 1.21 bits per heavy atom. The summed E-state index contributed by atoms with van der Waals surface area (Å²) in [6.07, 6.45) is 0.690. The van der Waals surface area contributed by atoms with Crippen molar-refractivity contribution in [2.75, 3.05) is 5.32 Å². The molecule has 0 unspecified atom stereocenters. The van der Waals surface area contributed by atoms with E-state index in [2.05, 4.69) is 10.4 Å². The van der Waals surface area contributed by atoms with Gasteiger partial charge in [0, 0.05) is 28.2 Å². The number of nitrogens with one attached hydrogen (secondary N) is 1. The second kappa shape index (κ2) is 7.20. The van der Waals surface area contributed by atoms with E-state index < -0.39 is 5.82 Å². The molecule has 2 heterocycles. The van der Waals surface area contributed by atoms with E-state index in [1.54, 1.807) is 0 Å². The number of rotatable bonds is 4. The summed E-state index contributed by atoms with van der Waals surface area (Å²) in [5.41, 5.74) is 4.58. The zero-order valence-electron chi connectivity index (χ0n) is 15.5. The normalized spacial score (nSPS) is 11.3. The van der Waals surface area contributed by atoms with Crippen LogP contribution in [0, 0.1) is 19.7 Å². The highest BCUT2D eigenvalue weighted by Gasteiger charge is 2.15. The van der Waals surface area contributed by atoms with E-state index >= 15 is 0 Å². The number of nitrogens with zero attached hydrogens (tertiary/aromatic N) is 3. The van der Waals surface area contributed by atoms with Crippen LogP contribution < -0.4 is 5.32 Å². The molecule has 0 saturated carbocycles. The van der Waals surface area contributed by atoms with Crippen molar-refractivity contribution in [1.82, 2.24) is 14.6 Å². The van der Waals surface area contributed by atoms with Crippen LogP contribution in [0.2, 0.25) is 5.02 Å². The highest BCUT2D eigenvalue weighted by atomic mass is 35.5. The molecule has 0 aliphatic heterocycles. The van der Waals surface area contributed by atoms with Crippen LogP contribution in [0.3, 0.4) is 0 Å². The van der Waals surface area contributed by atoms with Crippen molar-refractivity contribution in [1.29, 1.82) is 0 Å². The van der Waals surface area contributed by atoms with Crippen molar-refractivity contribution in [3.05, 3.63) is 70.3 Å². The molecule has 0 aliphatic carbocycles. The minimum atomic E-state index is -0.556. The van der Waals surface area contributed by atoms with Crippen LogP contribution in [0.4, 0.5) is 10.1 Å². The van der Waals surface area contributed by atoms with Gasteiger partial charge in [0.15, 0.2) is 5.65 Å². The van der Waals surface area contributed by atoms with Crippen molar-refractivity contribution in [3.63, 3.8) is 0 Å². The Labute approximate surface area is 166 Å². The minimum absolute atomic E-state index is 0.120. The van der Waals surface area contributed by atoms with Gasteiger partial charge in [0.1, 0.15) is 5.82 Å². The van der Waals surface area contributed by atoms with Gasteiger partial charge in [0.2, 0.25) is 5.91 Å². The zero-order valence-corrected chi connectivity index (χ0v) is 16.2. The number of benzene rings is 2. The fourth-order valence-corrected chi connectivity index (χ4v) is 3.54. The first-order valence-electron chi connectivity index (χ1n) is 8.92. The van der Waals surface area contributed by atoms with Gasteiger partial charge in [0.05, 0.1) is 11.2 Å². The standard InChI is InChI=1S/C21H18ClFN4O/c1-12-15(8-10-20(28)25-19-9-7-14(22)11-17(19)23)13(2)27-21(24-12)16-5-3-4-6-18(16)26-27/h3-7,9,11H,8,10H2,1-2H3,(H,25,28). The lowest BCUT2D eigenvalue weighted by molar-refractivity contribution is -0.116. The van der Waals surface area contributed by atoms with Crippen molar-refractivity contribution in [3.8, 4) is 0 Å². The third-order valence-corrected chi connectivity index (χ3v) is 5.06. The first kappa shape index (κ1) is 18.4. The zero-order chi connectivity index (χ0) is 19.8. The van der Waals surface area contributed by atoms with Crippen molar-refractivity contribution in [2.24, 2.45) is 0 Å². The molecule has 142 valence electrons. The Morgan fingerprint density at radius 3 is 2.79 bits per heavy atom. The first-order chi connectivity index (χ1) is 13.4. The number of amides is 1. The molecular weight excluding hydrogens is 379 g/mol. The molecule has 7 heteroatoms. The number of aryl methyl sites for hydroxylation is 2. The van der Waals surface area contributed by atoms with E-state index in [0.717, 1.165) is 33.5 Å². The van der Waals surface area contributed by atoms with Gasteiger partial charge in [-0.15, -0.1) is 0 Å². The van der Waals surface area contributed by atoms with Gasteiger partial charge >= 0.3 is 0 Å². The predicted molar refractivity (Wildman–Crippen MR) is 108 cm³/mol. The molecule has 5 nitrogen and oxygen atoms in total. The average molecular weight is 397 g/mol. The Bertz CT molecular complexity index is 1220. The van der Waals surface area contributed by atoms with Crippen LogP contribution in [0.1, 0.15) is 23.4 Å². The molecule has 0 fully saturated rings. The number of carbonyl (C=O) groups excluding carboxylic acids is 1. The van der Waals surface area contributed by atoms with E-state index in [9.17, 15) is 9.18 Å². The maximum atomic E-state index is 13.9. The monoisotopic (exact) mass is 396 g/mol. The summed E-state index contributed by atoms with van der Waals surface area (Å²) in [7, 11) is 0. The molecule has 4 aromatic rings. The molecule has 0 radical (unpaired) electrons. The van der Waals surface area contributed by atoms with Gasteiger partial charge in [-0.3, -0.25) is 4.79 Å². The van der Waals surface area contributed by atoms with E-state index in [1.807, 2.05) is 42.6 Å². The van der Waals surface area contributed by atoms with Crippen LogP contribution in [0.5, 0.6) is 0 Å². The molecule has 2 aromatic heterocycles. The first-order valence-corrected chi connectivity index (χ1v) is 9.30. The molecular formula is C21H18ClFN4O. The Morgan fingerprint density at radius 2 is 2.00 bits per heavy atom. The lowest BCUT2D eigenvalue weighted by Crippen LogP contribution is -2.15. The summed E-state index contributed by atoms with van der Waals surface area (Å²) in [4.78, 5) is 17.0. The van der Waals surface area contributed by atoms with Crippen molar-refractivity contribution < 1.29 is 9.18 Å². The smallest absolute Gasteiger partial charge is 0.224 e. The second-order valence-electron chi connectivity index (χ2n) is 6.69. The fourth-order valence-electron chi connectivity index (χ4n) is 3.38. The lowest BCUT2D eigenvalue weighted by atomic mass is 10.1. The van der Waals surface area contributed by atoms with Gasteiger partial charge in [-0.25, -0.2) is 13.9 Å². The Hall–Kier alpha value is -2.99. The predicted octanol–water partition coefficient (Wildman–Crippen LogP) is 4.86. The van der Waals surface area contributed by atoms with Crippen LogP contribution in [0.25, 0.3) is 16.6 Å². The molecule has 0 atom stereocenters. The van der Waals surface area contributed by atoms with Gasteiger partial charge < -0.3 is 5.32 Å². The molecule has 0 spiro atoms. The SMILES string of the molecule is Cc1nc2c3ccccc3nn2c(C)c1CCC(=O)Nc1ccc(Cl)cc1F. The third-order valence-electron chi connectivity index (χ3n) is 4.83. The molecule has 0 aliphatic rings. The van der Waals surface area contributed by atoms with Crippen LogP contribution in [-0.2, 0) is 11.2 Å². The van der Waals surface area contributed by atoms with Gasteiger partial charge in [0.25, 0.3) is 0 Å². The van der Waals surface area contributed by atoms with E-state index in [-0.39, 0.29) is 23.0 Å². The lowest BCUT2D eigenvalue weighted by Gasteiger charge is -2.11. The van der Waals surface area contributed by atoms with Crippen LogP contribution in [-0.4, -0.2) is 20.5 Å². The summed E-state index contributed by atoms with van der Waals surface area (Å²) in [6, 6.07) is 12.0.